The van der Waals surface area contributed by atoms with Crippen LogP contribution in [-0.4, -0.2) is 5.91 Å². The second-order valence-corrected chi connectivity index (χ2v) is 6.80. The zero-order valence-corrected chi connectivity index (χ0v) is 15.3. The molecule has 1 aliphatic heterocycles. The van der Waals surface area contributed by atoms with E-state index >= 15 is 0 Å². The lowest BCUT2D eigenvalue weighted by Crippen LogP contribution is -2.12. The molecule has 0 spiro atoms. The largest absolute Gasteiger partial charge is 0.417 e. The number of carbonyl (C=O) groups excluding carboxylic acids is 1. The lowest BCUT2D eigenvalue weighted by Gasteiger charge is -2.15. The molecule has 7 heteroatoms. The molecule has 0 saturated heterocycles. The van der Waals surface area contributed by atoms with Gasteiger partial charge in [-0.1, -0.05) is 18.2 Å². The van der Waals surface area contributed by atoms with Crippen molar-refractivity contribution >= 4 is 5.91 Å². The number of nitrogens with one attached hydrogen (secondary N) is 1. The summed E-state index contributed by atoms with van der Waals surface area (Å²) in [5, 5.41) is 21.0. The van der Waals surface area contributed by atoms with E-state index in [4.69, 9.17) is 5.26 Å². The van der Waals surface area contributed by atoms with Crippen molar-refractivity contribution < 1.29 is 18.0 Å². The fraction of sp³-hybridized carbons (Fsp3) is 0.0870. The van der Waals surface area contributed by atoms with Crippen LogP contribution >= 0.6 is 0 Å². The van der Waals surface area contributed by atoms with Crippen molar-refractivity contribution in [1.29, 1.82) is 10.5 Å². The number of benzene rings is 3. The molecule has 30 heavy (non-hydrogen) atoms. The molecule has 0 aliphatic carbocycles. The van der Waals surface area contributed by atoms with Gasteiger partial charge in [-0.2, -0.15) is 23.7 Å². The van der Waals surface area contributed by atoms with Gasteiger partial charge in [-0.15, -0.1) is 0 Å². The molecule has 0 fully saturated rings. The topological polar surface area (TPSA) is 76.7 Å². The van der Waals surface area contributed by atoms with E-state index in [9.17, 15) is 23.2 Å². The molecule has 0 saturated carbocycles. The minimum atomic E-state index is -4.70. The summed E-state index contributed by atoms with van der Waals surface area (Å²) in [4.78, 5) is 12.1. The SMILES string of the molecule is N#Cc1cccc(-c2cc3c(cc2-c2ccc(C#N)c(C(F)(F)F)c2)C(=O)NC3)c1. The Morgan fingerprint density at radius 3 is 2.30 bits per heavy atom. The maximum Gasteiger partial charge on any atom is 0.417 e. The zero-order valence-electron chi connectivity index (χ0n) is 15.3. The molecule has 146 valence electrons. The smallest absolute Gasteiger partial charge is 0.348 e. The normalized spacial score (nSPS) is 12.6. The quantitative estimate of drug-likeness (QED) is 0.652. The number of amides is 1. The number of fused-ring (bicyclic) bond motifs is 1. The van der Waals surface area contributed by atoms with Crippen LogP contribution in [0.4, 0.5) is 13.2 Å². The third-order valence-electron chi connectivity index (χ3n) is 4.99. The fourth-order valence-corrected chi connectivity index (χ4v) is 3.55. The van der Waals surface area contributed by atoms with E-state index < -0.39 is 17.3 Å². The first-order chi connectivity index (χ1) is 14.3. The van der Waals surface area contributed by atoms with Crippen LogP contribution in [0.2, 0.25) is 0 Å². The number of nitriles is 2. The third kappa shape index (κ3) is 3.27. The summed E-state index contributed by atoms with van der Waals surface area (Å²) in [5.41, 5.74) is 1.89. The van der Waals surface area contributed by atoms with Crippen LogP contribution in [0.25, 0.3) is 22.3 Å². The number of rotatable bonds is 2. The summed E-state index contributed by atoms with van der Waals surface area (Å²) in [6.07, 6.45) is -4.70. The number of hydrogen-bond donors (Lipinski definition) is 1. The van der Waals surface area contributed by atoms with E-state index in [0.717, 1.165) is 17.7 Å². The first-order valence-corrected chi connectivity index (χ1v) is 8.89. The summed E-state index contributed by atoms with van der Waals surface area (Å²) >= 11 is 0. The van der Waals surface area contributed by atoms with Gasteiger partial charge in [-0.25, -0.2) is 0 Å². The Hall–Kier alpha value is -4.10. The fourth-order valence-electron chi connectivity index (χ4n) is 3.55. The Bertz CT molecular complexity index is 1280. The van der Waals surface area contributed by atoms with Gasteiger partial charge in [-0.3, -0.25) is 4.79 Å². The van der Waals surface area contributed by atoms with E-state index in [1.54, 1.807) is 42.5 Å². The minimum Gasteiger partial charge on any atom is -0.348 e. The minimum absolute atomic E-state index is 0.223. The van der Waals surface area contributed by atoms with E-state index in [-0.39, 0.29) is 11.5 Å². The Balaban J connectivity index is 2.00. The number of alkyl halides is 3. The Morgan fingerprint density at radius 2 is 1.60 bits per heavy atom. The molecular weight excluding hydrogens is 391 g/mol. The average molecular weight is 403 g/mol. The van der Waals surface area contributed by atoms with Crippen molar-refractivity contribution in [2.75, 3.05) is 0 Å². The van der Waals surface area contributed by atoms with Crippen LogP contribution in [0.3, 0.4) is 0 Å². The zero-order chi connectivity index (χ0) is 21.5. The van der Waals surface area contributed by atoms with Crippen LogP contribution < -0.4 is 5.32 Å². The highest BCUT2D eigenvalue weighted by molar-refractivity contribution is 6.01. The molecule has 3 aromatic rings. The van der Waals surface area contributed by atoms with E-state index in [1.165, 1.54) is 6.07 Å². The highest BCUT2D eigenvalue weighted by Crippen LogP contribution is 2.39. The molecule has 1 N–H and O–H groups in total. The van der Waals surface area contributed by atoms with Gasteiger partial charge in [0.15, 0.2) is 0 Å². The summed E-state index contributed by atoms with van der Waals surface area (Å²) in [6.45, 7) is 0.320. The standard InChI is InChI=1S/C23H12F3N3O/c24-23(25,26)21-8-15(4-5-16(21)11-28)19-9-20-17(12-29-22(20)30)7-18(19)14-3-1-2-13(6-14)10-27/h1-9H,12H2,(H,29,30). The van der Waals surface area contributed by atoms with Crippen molar-refractivity contribution in [3.8, 4) is 34.4 Å². The van der Waals surface area contributed by atoms with Crippen molar-refractivity contribution in [2.45, 2.75) is 12.7 Å². The Labute approximate surface area is 169 Å². The van der Waals surface area contributed by atoms with Crippen molar-refractivity contribution in [2.24, 2.45) is 0 Å². The van der Waals surface area contributed by atoms with E-state index in [2.05, 4.69) is 5.32 Å². The maximum absolute atomic E-state index is 13.5. The van der Waals surface area contributed by atoms with Crippen LogP contribution in [0, 0.1) is 22.7 Å². The van der Waals surface area contributed by atoms with Crippen LogP contribution in [0.15, 0.2) is 54.6 Å². The second kappa shape index (κ2) is 7.06. The highest BCUT2D eigenvalue weighted by atomic mass is 19.4. The molecule has 0 bridgehead atoms. The highest BCUT2D eigenvalue weighted by Gasteiger charge is 2.34. The average Bonchev–Trinajstić information content (AvgIpc) is 3.11. The lowest BCUT2D eigenvalue weighted by atomic mass is 9.89. The van der Waals surface area contributed by atoms with Gasteiger partial charge in [0.05, 0.1) is 28.8 Å². The third-order valence-corrected chi connectivity index (χ3v) is 4.99. The first kappa shape index (κ1) is 19.2. The molecule has 0 atom stereocenters. The maximum atomic E-state index is 13.5. The van der Waals surface area contributed by atoms with Gasteiger partial charge >= 0.3 is 6.18 Å². The molecule has 0 radical (unpaired) electrons. The molecule has 1 heterocycles. The Morgan fingerprint density at radius 1 is 0.867 bits per heavy atom. The lowest BCUT2D eigenvalue weighted by molar-refractivity contribution is -0.137. The van der Waals surface area contributed by atoms with Gasteiger partial charge < -0.3 is 5.32 Å². The number of carbonyl (C=O) groups is 1. The molecule has 1 amide bonds. The number of hydrogen-bond acceptors (Lipinski definition) is 3. The molecule has 1 aliphatic rings. The molecule has 4 rings (SSSR count). The molecule has 4 nitrogen and oxygen atoms in total. The van der Waals surface area contributed by atoms with Gasteiger partial charge in [0.1, 0.15) is 0 Å². The van der Waals surface area contributed by atoms with Gasteiger partial charge in [-0.05, 0) is 64.2 Å². The Kier molecular flexibility index (Phi) is 4.52. The summed E-state index contributed by atoms with van der Waals surface area (Å²) in [5.74, 6) is -0.298. The van der Waals surface area contributed by atoms with Gasteiger partial charge in [0.25, 0.3) is 5.91 Å². The summed E-state index contributed by atoms with van der Waals surface area (Å²) in [7, 11) is 0. The van der Waals surface area contributed by atoms with Crippen LogP contribution in [0.1, 0.15) is 32.6 Å². The van der Waals surface area contributed by atoms with Crippen LogP contribution in [0.5, 0.6) is 0 Å². The number of nitrogens with zero attached hydrogens (tertiary/aromatic N) is 2. The first-order valence-electron chi connectivity index (χ1n) is 8.89. The van der Waals surface area contributed by atoms with Gasteiger partial charge in [0, 0.05) is 12.1 Å². The second-order valence-electron chi connectivity index (χ2n) is 6.80. The van der Waals surface area contributed by atoms with Crippen molar-refractivity contribution in [1.82, 2.24) is 5.32 Å². The van der Waals surface area contributed by atoms with Crippen molar-refractivity contribution in [3.05, 3.63) is 82.4 Å². The van der Waals surface area contributed by atoms with E-state index in [1.807, 2.05) is 6.07 Å². The van der Waals surface area contributed by atoms with Crippen LogP contribution in [-0.2, 0) is 12.7 Å². The predicted molar refractivity (Wildman–Crippen MR) is 103 cm³/mol. The molecular formula is C23H12F3N3O. The summed E-state index contributed by atoms with van der Waals surface area (Å²) < 4.78 is 40.5. The number of halogens is 3. The monoisotopic (exact) mass is 403 g/mol. The molecule has 0 aromatic heterocycles. The van der Waals surface area contributed by atoms with Gasteiger partial charge in [0.2, 0.25) is 0 Å². The predicted octanol–water partition coefficient (Wildman–Crippen LogP) is 5.03. The summed E-state index contributed by atoms with van der Waals surface area (Å²) in [6, 6.07) is 17.1. The molecule has 0 unspecified atom stereocenters. The molecule has 3 aromatic carbocycles. The van der Waals surface area contributed by atoms with Crippen molar-refractivity contribution in [3.63, 3.8) is 0 Å². The van der Waals surface area contributed by atoms with E-state index in [0.29, 0.717) is 34.4 Å².